The van der Waals surface area contributed by atoms with E-state index in [2.05, 4.69) is 95.6 Å². The monoisotopic (exact) mass is 317 g/mol. The van der Waals surface area contributed by atoms with Crippen LogP contribution in [-0.4, -0.2) is 4.57 Å². The van der Waals surface area contributed by atoms with Gasteiger partial charge >= 0.3 is 0 Å². The average Bonchev–Trinajstić information content (AvgIpc) is 2.96. The van der Waals surface area contributed by atoms with Crippen molar-refractivity contribution in [3.05, 3.63) is 91.0 Å². The van der Waals surface area contributed by atoms with Gasteiger partial charge in [0.15, 0.2) is 0 Å². The van der Waals surface area contributed by atoms with Crippen molar-refractivity contribution in [2.45, 2.75) is 0 Å². The number of rotatable bonds is 0. The Morgan fingerprint density at radius 1 is 0.440 bits per heavy atom. The van der Waals surface area contributed by atoms with Crippen LogP contribution in [0.25, 0.3) is 49.7 Å². The first-order valence-corrected chi connectivity index (χ1v) is 8.65. The molecule has 0 aliphatic carbocycles. The summed E-state index contributed by atoms with van der Waals surface area (Å²) < 4.78 is 2.44. The van der Waals surface area contributed by atoms with Gasteiger partial charge in [0.25, 0.3) is 0 Å². The molecule has 0 radical (unpaired) electrons. The molecule has 0 atom stereocenters. The molecule has 1 aliphatic heterocycles. The molecule has 0 fully saturated rings. The third-order valence-electron chi connectivity index (χ3n) is 5.35. The topological polar surface area (TPSA) is 4.93 Å². The zero-order valence-electron chi connectivity index (χ0n) is 13.6. The average molecular weight is 317 g/mol. The lowest BCUT2D eigenvalue weighted by molar-refractivity contribution is 1.19. The molecular weight excluding hydrogens is 302 g/mol. The Bertz CT molecular complexity index is 1290. The van der Waals surface area contributed by atoms with Crippen LogP contribution in [0.2, 0.25) is 0 Å². The van der Waals surface area contributed by atoms with Gasteiger partial charge in [-0.2, -0.15) is 0 Å². The second-order valence-corrected chi connectivity index (χ2v) is 6.62. The van der Waals surface area contributed by atoms with E-state index in [9.17, 15) is 0 Å². The number of fused-ring (bicyclic) bond motifs is 8. The van der Waals surface area contributed by atoms with Crippen molar-refractivity contribution in [2.75, 3.05) is 0 Å². The van der Waals surface area contributed by atoms with Crippen LogP contribution >= 0.6 is 0 Å². The molecule has 6 rings (SSSR count). The Morgan fingerprint density at radius 3 is 1.92 bits per heavy atom. The van der Waals surface area contributed by atoms with Crippen molar-refractivity contribution >= 4 is 21.8 Å². The molecule has 5 aromatic rings. The van der Waals surface area contributed by atoms with Crippen LogP contribution in [0.4, 0.5) is 0 Å². The summed E-state index contributed by atoms with van der Waals surface area (Å²) in [5, 5.41) is 2.63. The predicted molar refractivity (Wildman–Crippen MR) is 105 cm³/mol. The van der Waals surface area contributed by atoms with E-state index in [4.69, 9.17) is 0 Å². The van der Waals surface area contributed by atoms with E-state index in [1.165, 1.54) is 49.7 Å². The minimum atomic E-state index is 1.26. The minimum absolute atomic E-state index is 1.26. The maximum atomic E-state index is 2.44. The molecule has 0 saturated carbocycles. The molecular formula is C24H15N. The molecule has 116 valence electrons. The van der Waals surface area contributed by atoms with Gasteiger partial charge in [0.1, 0.15) is 0 Å². The maximum absolute atomic E-state index is 2.44. The summed E-state index contributed by atoms with van der Waals surface area (Å²) in [5.74, 6) is 0. The second kappa shape index (κ2) is 4.61. The second-order valence-electron chi connectivity index (χ2n) is 6.62. The molecule has 4 aromatic carbocycles. The first kappa shape index (κ1) is 13.0. The van der Waals surface area contributed by atoms with Crippen LogP contribution in [0.1, 0.15) is 0 Å². The van der Waals surface area contributed by atoms with Gasteiger partial charge in [-0.1, -0.05) is 78.9 Å². The molecule has 0 amide bonds. The number of hydrogen-bond donors (Lipinski definition) is 0. The highest BCUT2D eigenvalue weighted by Gasteiger charge is 2.23. The van der Waals surface area contributed by atoms with Gasteiger partial charge in [-0.25, -0.2) is 0 Å². The Morgan fingerprint density at radius 2 is 1.04 bits per heavy atom. The van der Waals surface area contributed by atoms with Gasteiger partial charge in [-0.15, -0.1) is 0 Å². The SMILES string of the molecule is c1ccc2c(c1)-c1ccccc1-n1c3ccccc3c3cccc-2c31. The molecule has 0 unspecified atom stereocenters. The van der Waals surface area contributed by atoms with Crippen LogP contribution < -0.4 is 0 Å². The normalized spacial score (nSPS) is 12.0. The lowest BCUT2D eigenvalue weighted by atomic mass is 9.94. The van der Waals surface area contributed by atoms with Gasteiger partial charge < -0.3 is 4.57 Å². The summed E-state index contributed by atoms with van der Waals surface area (Å²) in [6, 6.07) is 32.9. The van der Waals surface area contributed by atoms with E-state index in [1.807, 2.05) is 0 Å². The molecule has 2 heterocycles. The van der Waals surface area contributed by atoms with Gasteiger partial charge in [-0.05, 0) is 23.3 Å². The van der Waals surface area contributed by atoms with Gasteiger partial charge in [-0.3, -0.25) is 0 Å². The first-order chi connectivity index (χ1) is 12.4. The summed E-state index contributed by atoms with van der Waals surface area (Å²) >= 11 is 0. The van der Waals surface area contributed by atoms with Crippen LogP contribution in [0.15, 0.2) is 91.0 Å². The number of para-hydroxylation sites is 3. The summed E-state index contributed by atoms with van der Waals surface area (Å²) in [6.07, 6.45) is 0. The van der Waals surface area contributed by atoms with E-state index in [-0.39, 0.29) is 0 Å². The fraction of sp³-hybridized carbons (Fsp3) is 0. The molecule has 0 bridgehead atoms. The summed E-state index contributed by atoms with van der Waals surface area (Å²) in [6.45, 7) is 0. The van der Waals surface area contributed by atoms with Crippen molar-refractivity contribution in [1.82, 2.24) is 4.57 Å². The number of hydrogen-bond acceptors (Lipinski definition) is 0. The molecule has 1 heteroatoms. The van der Waals surface area contributed by atoms with Crippen LogP contribution in [0, 0.1) is 0 Å². The quantitative estimate of drug-likeness (QED) is 0.304. The lowest BCUT2D eigenvalue weighted by Crippen LogP contribution is -1.95. The van der Waals surface area contributed by atoms with Crippen molar-refractivity contribution in [2.24, 2.45) is 0 Å². The van der Waals surface area contributed by atoms with Crippen LogP contribution in [0.5, 0.6) is 0 Å². The summed E-state index contributed by atoms with van der Waals surface area (Å²) in [7, 11) is 0. The fourth-order valence-corrected chi connectivity index (χ4v) is 4.34. The van der Waals surface area contributed by atoms with Crippen molar-refractivity contribution in [3.8, 4) is 27.9 Å². The van der Waals surface area contributed by atoms with E-state index in [0.717, 1.165) is 0 Å². The Labute approximate surface area is 145 Å². The van der Waals surface area contributed by atoms with Crippen molar-refractivity contribution in [1.29, 1.82) is 0 Å². The van der Waals surface area contributed by atoms with E-state index >= 15 is 0 Å². The van der Waals surface area contributed by atoms with Crippen molar-refractivity contribution in [3.63, 3.8) is 0 Å². The smallest absolute Gasteiger partial charge is 0.0619 e. The van der Waals surface area contributed by atoms with Gasteiger partial charge in [0.05, 0.1) is 16.7 Å². The van der Waals surface area contributed by atoms with Crippen LogP contribution in [-0.2, 0) is 0 Å². The highest BCUT2D eigenvalue weighted by atomic mass is 15.0. The first-order valence-electron chi connectivity index (χ1n) is 8.65. The zero-order valence-corrected chi connectivity index (χ0v) is 13.6. The van der Waals surface area contributed by atoms with E-state index < -0.39 is 0 Å². The minimum Gasteiger partial charge on any atom is -0.308 e. The summed E-state index contributed by atoms with van der Waals surface area (Å²) in [4.78, 5) is 0. The maximum Gasteiger partial charge on any atom is 0.0619 e. The highest BCUT2D eigenvalue weighted by molar-refractivity contribution is 6.16. The van der Waals surface area contributed by atoms with Gasteiger partial charge in [0.2, 0.25) is 0 Å². The number of aromatic nitrogens is 1. The standard InChI is InChI=1S/C24H15N/c1-2-9-17-16(8-1)18-10-3-5-14-22(18)25-23-15-6-4-11-19(23)21-13-7-12-20(17)24(21)25/h1-15H. The number of benzene rings is 4. The van der Waals surface area contributed by atoms with E-state index in [1.54, 1.807) is 0 Å². The third kappa shape index (κ3) is 1.58. The Kier molecular flexibility index (Phi) is 2.40. The molecule has 0 N–H and O–H groups in total. The molecule has 0 spiro atoms. The fourth-order valence-electron chi connectivity index (χ4n) is 4.34. The van der Waals surface area contributed by atoms with Gasteiger partial charge in [0, 0.05) is 21.9 Å². The molecule has 1 aromatic heterocycles. The predicted octanol–water partition coefficient (Wildman–Crippen LogP) is 6.43. The molecule has 0 saturated heterocycles. The molecule has 1 nitrogen and oxygen atoms in total. The summed E-state index contributed by atoms with van der Waals surface area (Å²) in [5.41, 5.74) is 9.04. The molecule has 1 aliphatic rings. The third-order valence-corrected chi connectivity index (χ3v) is 5.35. The van der Waals surface area contributed by atoms with Crippen LogP contribution in [0.3, 0.4) is 0 Å². The van der Waals surface area contributed by atoms with Crippen molar-refractivity contribution < 1.29 is 0 Å². The highest BCUT2D eigenvalue weighted by Crippen LogP contribution is 2.46. The number of nitrogens with zero attached hydrogens (tertiary/aromatic N) is 1. The zero-order chi connectivity index (χ0) is 16.4. The van der Waals surface area contributed by atoms with E-state index in [0.29, 0.717) is 0 Å². The largest absolute Gasteiger partial charge is 0.308 e. The molecule has 25 heavy (non-hydrogen) atoms. The Hall–Kier alpha value is -3.32. The Balaban J connectivity index is 1.99. The lowest BCUT2D eigenvalue weighted by Gasteiger charge is -2.11.